The van der Waals surface area contributed by atoms with Crippen molar-refractivity contribution in [1.29, 1.82) is 0 Å². The van der Waals surface area contributed by atoms with Gasteiger partial charge in [0.1, 0.15) is 0 Å². The Morgan fingerprint density at radius 2 is 2.05 bits per heavy atom. The fraction of sp³-hybridized carbons (Fsp3) is 0.625. The highest BCUT2D eigenvalue weighted by atomic mass is 16.5. The molecule has 2 unspecified atom stereocenters. The van der Waals surface area contributed by atoms with Gasteiger partial charge >= 0.3 is 0 Å². The number of hydrogen-bond acceptors (Lipinski definition) is 3. The predicted molar refractivity (Wildman–Crippen MR) is 77.0 cm³/mol. The first-order chi connectivity index (χ1) is 9.09. The van der Waals surface area contributed by atoms with Crippen molar-refractivity contribution in [3.05, 3.63) is 35.9 Å². The van der Waals surface area contributed by atoms with E-state index in [1.165, 1.54) is 0 Å². The first-order valence-electron chi connectivity index (χ1n) is 7.13. The Morgan fingerprint density at radius 3 is 2.58 bits per heavy atom. The second-order valence-corrected chi connectivity index (χ2v) is 5.87. The van der Waals surface area contributed by atoms with Gasteiger partial charge in [-0.1, -0.05) is 44.2 Å². The zero-order valence-electron chi connectivity index (χ0n) is 12.1. The van der Waals surface area contributed by atoms with E-state index in [1.54, 1.807) is 0 Å². The van der Waals surface area contributed by atoms with Gasteiger partial charge in [0.15, 0.2) is 0 Å². The van der Waals surface area contributed by atoms with Crippen LogP contribution >= 0.6 is 0 Å². The van der Waals surface area contributed by atoms with E-state index >= 15 is 0 Å². The van der Waals surface area contributed by atoms with Crippen molar-refractivity contribution in [2.75, 3.05) is 13.2 Å². The largest absolute Gasteiger partial charge is 0.394 e. The Balaban J connectivity index is 1.98. The van der Waals surface area contributed by atoms with Crippen LogP contribution in [0.1, 0.15) is 38.8 Å². The average molecular weight is 263 g/mol. The number of aliphatic hydroxyl groups is 1. The van der Waals surface area contributed by atoms with E-state index in [-0.39, 0.29) is 18.1 Å². The van der Waals surface area contributed by atoms with Gasteiger partial charge in [-0.05, 0) is 18.9 Å². The first-order valence-corrected chi connectivity index (χ1v) is 7.13. The van der Waals surface area contributed by atoms with Crippen molar-refractivity contribution in [2.24, 2.45) is 5.41 Å². The summed E-state index contributed by atoms with van der Waals surface area (Å²) in [4.78, 5) is 0. The van der Waals surface area contributed by atoms with Crippen molar-refractivity contribution in [3.63, 3.8) is 0 Å². The van der Waals surface area contributed by atoms with Crippen molar-refractivity contribution in [1.82, 2.24) is 5.32 Å². The van der Waals surface area contributed by atoms with Crippen LogP contribution in [0.25, 0.3) is 0 Å². The van der Waals surface area contributed by atoms with Gasteiger partial charge in [-0.2, -0.15) is 0 Å². The maximum atomic E-state index is 9.59. The highest BCUT2D eigenvalue weighted by molar-refractivity contribution is 5.20. The number of benzene rings is 1. The van der Waals surface area contributed by atoms with Crippen molar-refractivity contribution < 1.29 is 9.84 Å². The van der Waals surface area contributed by atoms with Crippen LogP contribution in [0.15, 0.2) is 30.3 Å². The monoisotopic (exact) mass is 263 g/mol. The van der Waals surface area contributed by atoms with Crippen LogP contribution in [-0.4, -0.2) is 30.5 Å². The Bertz CT molecular complexity index is 391. The van der Waals surface area contributed by atoms with E-state index < -0.39 is 0 Å². The van der Waals surface area contributed by atoms with Crippen LogP contribution in [0.5, 0.6) is 0 Å². The minimum absolute atomic E-state index is 0.00746. The Hall–Kier alpha value is -0.900. The van der Waals surface area contributed by atoms with E-state index in [1.807, 2.05) is 25.1 Å². The molecular formula is C16H25NO2. The molecule has 1 aromatic rings. The summed E-state index contributed by atoms with van der Waals surface area (Å²) in [6.07, 6.45) is 1.34. The lowest BCUT2D eigenvalue weighted by Crippen LogP contribution is -2.61. The van der Waals surface area contributed by atoms with Gasteiger partial charge in [-0.15, -0.1) is 0 Å². The summed E-state index contributed by atoms with van der Waals surface area (Å²) in [6, 6.07) is 10.5. The molecule has 1 aliphatic carbocycles. The Labute approximate surface area is 116 Å². The fourth-order valence-electron chi connectivity index (χ4n) is 2.83. The van der Waals surface area contributed by atoms with Gasteiger partial charge in [-0.25, -0.2) is 0 Å². The van der Waals surface area contributed by atoms with Gasteiger partial charge < -0.3 is 15.2 Å². The summed E-state index contributed by atoms with van der Waals surface area (Å²) >= 11 is 0. The number of aliphatic hydroxyl groups excluding tert-OH is 1. The molecule has 1 aromatic carbocycles. The van der Waals surface area contributed by atoms with Crippen LogP contribution in [0.4, 0.5) is 0 Å². The molecule has 2 N–H and O–H groups in total. The molecule has 0 aliphatic heterocycles. The maximum absolute atomic E-state index is 9.59. The lowest BCUT2D eigenvalue weighted by atomic mass is 9.64. The third-order valence-corrected chi connectivity index (χ3v) is 4.33. The molecule has 0 amide bonds. The van der Waals surface area contributed by atoms with Gasteiger partial charge in [0.05, 0.1) is 18.8 Å². The molecular weight excluding hydrogens is 238 g/mol. The minimum Gasteiger partial charge on any atom is -0.394 e. The molecule has 3 atom stereocenters. The summed E-state index contributed by atoms with van der Waals surface area (Å²) in [7, 11) is 0. The molecule has 1 aliphatic rings. The summed E-state index contributed by atoms with van der Waals surface area (Å²) < 4.78 is 5.74. The average Bonchev–Trinajstić information content (AvgIpc) is 2.43. The molecule has 0 heterocycles. The molecule has 2 rings (SSSR count). The normalized spacial score (nSPS) is 26.7. The second-order valence-electron chi connectivity index (χ2n) is 5.87. The zero-order valence-corrected chi connectivity index (χ0v) is 12.1. The van der Waals surface area contributed by atoms with Gasteiger partial charge in [-0.3, -0.25) is 0 Å². The van der Waals surface area contributed by atoms with Crippen molar-refractivity contribution >= 4 is 0 Å². The maximum Gasteiger partial charge on any atom is 0.0655 e. The molecule has 1 fully saturated rings. The van der Waals surface area contributed by atoms with Crippen LogP contribution in [0.3, 0.4) is 0 Å². The number of hydrogen-bond donors (Lipinski definition) is 2. The summed E-state index contributed by atoms with van der Waals surface area (Å²) in [5, 5.41) is 13.2. The molecule has 0 bridgehead atoms. The number of rotatable bonds is 6. The van der Waals surface area contributed by atoms with Crippen molar-refractivity contribution in [2.45, 2.75) is 45.4 Å². The van der Waals surface area contributed by atoms with E-state index in [4.69, 9.17) is 4.74 Å². The third-order valence-electron chi connectivity index (χ3n) is 4.33. The van der Waals surface area contributed by atoms with Crippen LogP contribution in [0, 0.1) is 5.41 Å². The van der Waals surface area contributed by atoms with Gasteiger partial charge in [0.25, 0.3) is 0 Å². The van der Waals surface area contributed by atoms with E-state index in [0.29, 0.717) is 12.1 Å². The van der Waals surface area contributed by atoms with Gasteiger partial charge in [0, 0.05) is 18.1 Å². The van der Waals surface area contributed by atoms with Gasteiger partial charge in [0.2, 0.25) is 0 Å². The van der Waals surface area contributed by atoms with Crippen molar-refractivity contribution in [3.8, 4) is 0 Å². The summed E-state index contributed by atoms with van der Waals surface area (Å²) in [5.41, 5.74) is 1.26. The highest BCUT2D eigenvalue weighted by Crippen LogP contribution is 2.43. The van der Waals surface area contributed by atoms with E-state index in [9.17, 15) is 5.11 Å². The first kappa shape index (κ1) is 14.5. The highest BCUT2D eigenvalue weighted by Gasteiger charge is 2.49. The molecule has 0 aromatic heterocycles. The SMILES string of the molecule is CCOC1CC(N[C@@H](CO)c2ccccc2)C1(C)C. The lowest BCUT2D eigenvalue weighted by molar-refractivity contribution is -0.117. The number of nitrogens with one attached hydrogen (secondary N) is 1. The fourth-order valence-corrected chi connectivity index (χ4v) is 2.83. The molecule has 106 valence electrons. The zero-order chi connectivity index (χ0) is 13.9. The third kappa shape index (κ3) is 2.99. The smallest absolute Gasteiger partial charge is 0.0655 e. The molecule has 19 heavy (non-hydrogen) atoms. The molecule has 3 nitrogen and oxygen atoms in total. The summed E-state index contributed by atoms with van der Waals surface area (Å²) in [5.74, 6) is 0. The van der Waals surface area contributed by atoms with Crippen LogP contribution < -0.4 is 5.32 Å². The Morgan fingerprint density at radius 1 is 1.37 bits per heavy atom. The second kappa shape index (κ2) is 6.04. The van der Waals surface area contributed by atoms with E-state index in [0.717, 1.165) is 18.6 Å². The molecule has 1 saturated carbocycles. The molecule has 3 heteroatoms. The molecule has 0 radical (unpaired) electrons. The van der Waals surface area contributed by atoms with Crippen LogP contribution in [0.2, 0.25) is 0 Å². The topological polar surface area (TPSA) is 41.5 Å². The summed E-state index contributed by atoms with van der Waals surface area (Å²) in [6.45, 7) is 7.39. The quantitative estimate of drug-likeness (QED) is 0.828. The van der Waals surface area contributed by atoms with E-state index in [2.05, 4.69) is 31.3 Å². The predicted octanol–water partition coefficient (Wildman–Crippen LogP) is 2.51. The van der Waals surface area contributed by atoms with Crippen LogP contribution in [-0.2, 0) is 4.74 Å². The number of ether oxygens (including phenoxy) is 1. The Kier molecular flexibility index (Phi) is 4.61. The molecule has 0 saturated heterocycles. The lowest BCUT2D eigenvalue weighted by Gasteiger charge is -2.52. The standard InChI is InChI=1S/C16H25NO2/c1-4-19-15-10-14(16(15,2)3)17-13(11-18)12-8-6-5-7-9-12/h5-9,13-15,17-18H,4,10-11H2,1-3H3/t13-,14?,15?/m0/s1. The minimum atomic E-state index is 0.00746. The molecule has 0 spiro atoms.